The first kappa shape index (κ1) is 17.1. The number of benzene rings is 1. The molecule has 0 radical (unpaired) electrons. The van der Waals surface area contributed by atoms with Gasteiger partial charge >= 0.3 is 0 Å². The minimum Gasteiger partial charge on any atom is -0.493 e. The maximum Gasteiger partial charge on any atom is 0.165 e. The van der Waals surface area contributed by atoms with E-state index in [0.29, 0.717) is 13.2 Å². The molecule has 20 heavy (non-hydrogen) atoms. The standard InChI is InChI=1S/C15H25NO3S/c1-4-20-11-10-19-15-13(12-16-8-9-17-2)6-5-7-14(15)18-3/h5-7,16H,4,8-12H2,1-3H3. The van der Waals surface area contributed by atoms with Crippen LogP contribution in [0.3, 0.4) is 0 Å². The van der Waals surface area contributed by atoms with Crippen LogP contribution in [0.4, 0.5) is 0 Å². The maximum atomic E-state index is 5.90. The lowest BCUT2D eigenvalue weighted by Crippen LogP contribution is -2.19. The Morgan fingerprint density at radius 2 is 2.05 bits per heavy atom. The molecule has 5 heteroatoms. The summed E-state index contributed by atoms with van der Waals surface area (Å²) >= 11 is 1.87. The van der Waals surface area contributed by atoms with E-state index in [1.807, 2.05) is 23.9 Å². The molecule has 0 amide bonds. The van der Waals surface area contributed by atoms with Gasteiger partial charge < -0.3 is 19.5 Å². The summed E-state index contributed by atoms with van der Waals surface area (Å²) in [6, 6.07) is 5.98. The second-order valence-electron chi connectivity index (χ2n) is 4.16. The molecule has 114 valence electrons. The second kappa shape index (κ2) is 10.8. The van der Waals surface area contributed by atoms with Crippen molar-refractivity contribution < 1.29 is 14.2 Å². The molecule has 1 aromatic rings. The molecule has 4 nitrogen and oxygen atoms in total. The minimum atomic E-state index is 0.698. The third-order valence-electron chi connectivity index (χ3n) is 2.76. The van der Waals surface area contributed by atoms with E-state index in [0.717, 1.165) is 41.7 Å². The smallest absolute Gasteiger partial charge is 0.165 e. The van der Waals surface area contributed by atoms with Gasteiger partial charge in [0.05, 0.1) is 20.3 Å². The zero-order valence-electron chi connectivity index (χ0n) is 12.6. The highest BCUT2D eigenvalue weighted by Gasteiger charge is 2.10. The van der Waals surface area contributed by atoms with Crippen molar-refractivity contribution >= 4 is 11.8 Å². The number of hydrogen-bond donors (Lipinski definition) is 1. The van der Waals surface area contributed by atoms with Gasteiger partial charge in [0.1, 0.15) is 0 Å². The molecule has 0 spiro atoms. The number of hydrogen-bond acceptors (Lipinski definition) is 5. The van der Waals surface area contributed by atoms with E-state index < -0.39 is 0 Å². The molecule has 1 N–H and O–H groups in total. The highest BCUT2D eigenvalue weighted by Crippen LogP contribution is 2.31. The quantitative estimate of drug-likeness (QED) is 0.636. The molecular weight excluding hydrogens is 274 g/mol. The van der Waals surface area contributed by atoms with Gasteiger partial charge in [0.15, 0.2) is 11.5 Å². The number of nitrogens with one attached hydrogen (secondary N) is 1. The first-order chi connectivity index (χ1) is 9.83. The van der Waals surface area contributed by atoms with Crippen LogP contribution in [0.15, 0.2) is 18.2 Å². The van der Waals surface area contributed by atoms with E-state index >= 15 is 0 Å². The second-order valence-corrected chi connectivity index (χ2v) is 5.56. The molecule has 1 aromatic carbocycles. The van der Waals surface area contributed by atoms with Gasteiger partial charge in [0.25, 0.3) is 0 Å². The Kier molecular flexibility index (Phi) is 9.28. The Hall–Kier alpha value is -0.910. The lowest BCUT2D eigenvalue weighted by molar-refractivity contribution is 0.199. The molecule has 0 aliphatic heterocycles. The van der Waals surface area contributed by atoms with E-state index in [4.69, 9.17) is 14.2 Å². The molecule has 0 atom stereocenters. The largest absolute Gasteiger partial charge is 0.493 e. The third-order valence-corrected chi connectivity index (χ3v) is 3.62. The lowest BCUT2D eigenvalue weighted by Gasteiger charge is -2.15. The zero-order chi connectivity index (χ0) is 14.6. The molecule has 0 aliphatic rings. The van der Waals surface area contributed by atoms with Crippen molar-refractivity contribution in [1.29, 1.82) is 0 Å². The van der Waals surface area contributed by atoms with Crippen molar-refractivity contribution in [2.75, 3.05) is 45.5 Å². The molecule has 0 saturated carbocycles. The predicted octanol–water partition coefficient (Wildman–Crippen LogP) is 2.56. The van der Waals surface area contributed by atoms with Crippen molar-refractivity contribution in [2.24, 2.45) is 0 Å². The number of thioether (sulfide) groups is 1. The predicted molar refractivity (Wildman–Crippen MR) is 85.1 cm³/mol. The highest BCUT2D eigenvalue weighted by atomic mass is 32.2. The Bertz CT molecular complexity index is 374. The minimum absolute atomic E-state index is 0.698. The molecule has 0 fully saturated rings. The summed E-state index contributed by atoms with van der Waals surface area (Å²) < 4.78 is 16.3. The monoisotopic (exact) mass is 299 g/mol. The van der Waals surface area contributed by atoms with Crippen LogP contribution in [-0.4, -0.2) is 45.5 Å². The van der Waals surface area contributed by atoms with Crippen molar-refractivity contribution in [3.05, 3.63) is 23.8 Å². The number of ether oxygens (including phenoxy) is 3. The van der Waals surface area contributed by atoms with E-state index in [9.17, 15) is 0 Å². The molecular formula is C15H25NO3S. The van der Waals surface area contributed by atoms with E-state index in [-0.39, 0.29) is 0 Å². The normalized spacial score (nSPS) is 10.6. The lowest BCUT2D eigenvalue weighted by atomic mass is 10.2. The van der Waals surface area contributed by atoms with E-state index in [1.165, 1.54) is 0 Å². The SMILES string of the molecule is CCSCCOc1c(CNCCOC)cccc1OC. The zero-order valence-corrected chi connectivity index (χ0v) is 13.4. The van der Waals surface area contributed by atoms with Crippen molar-refractivity contribution in [2.45, 2.75) is 13.5 Å². The van der Waals surface area contributed by atoms with Crippen LogP contribution in [0.5, 0.6) is 11.5 Å². The number of para-hydroxylation sites is 1. The summed E-state index contributed by atoms with van der Waals surface area (Å²) in [6.45, 7) is 5.12. The van der Waals surface area contributed by atoms with Crippen LogP contribution < -0.4 is 14.8 Å². The maximum absolute atomic E-state index is 5.90. The molecule has 1 rings (SSSR count). The fourth-order valence-corrected chi connectivity index (χ4v) is 2.26. The van der Waals surface area contributed by atoms with E-state index in [1.54, 1.807) is 14.2 Å². The Labute approximate surface area is 126 Å². The van der Waals surface area contributed by atoms with Gasteiger partial charge in [0, 0.05) is 31.5 Å². The number of methoxy groups -OCH3 is 2. The van der Waals surface area contributed by atoms with Crippen molar-refractivity contribution in [1.82, 2.24) is 5.32 Å². The van der Waals surface area contributed by atoms with Crippen LogP contribution in [0, 0.1) is 0 Å². The fourth-order valence-electron chi connectivity index (χ4n) is 1.77. The fraction of sp³-hybridized carbons (Fsp3) is 0.600. The van der Waals surface area contributed by atoms with Crippen LogP contribution in [0.25, 0.3) is 0 Å². The molecule has 0 unspecified atom stereocenters. The molecule has 0 bridgehead atoms. The molecule has 0 aromatic heterocycles. The molecule has 0 aliphatic carbocycles. The van der Waals surface area contributed by atoms with Crippen molar-refractivity contribution in [3.63, 3.8) is 0 Å². The number of rotatable bonds is 11. The third kappa shape index (κ3) is 6.03. The van der Waals surface area contributed by atoms with Crippen LogP contribution in [0.2, 0.25) is 0 Å². The van der Waals surface area contributed by atoms with Gasteiger partial charge in [0.2, 0.25) is 0 Å². The van der Waals surface area contributed by atoms with Crippen molar-refractivity contribution in [3.8, 4) is 11.5 Å². The van der Waals surface area contributed by atoms with Gasteiger partial charge in [-0.1, -0.05) is 19.1 Å². The first-order valence-electron chi connectivity index (χ1n) is 6.89. The Morgan fingerprint density at radius 1 is 1.20 bits per heavy atom. The summed E-state index contributed by atoms with van der Waals surface area (Å²) in [7, 11) is 3.37. The first-order valence-corrected chi connectivity index (χ1v) is 8.05. The Balaban J connectivity index is 2.61. The summed E-state index contributed by atoms with van der Waals surface area (Å²) in [5.74, 6) is 3.74. The summed E-state index contributed by atoms with van der Waals surface area (Å²) in [5, 5.41) is 3.33. The van der Waals surface area contributed by atoms with Crippen LogP contribution >= 0.6 is 11.8 Å². The van der Waals surface area contributed by atoms with Gasteiger partial charge in [-0.15, -0.1) is 0 Å². The molecule has 0 saturated heterocycles. The molecule has 0 heterocycles. The summed E-state index contributed by atoms with van der Waals surface area (Å²) in [6.07, 6.45) is 0. The Morgan fingerprint density at radius 3 is 2.75 bits per heavy atom. The van der Waals surface area contributed by atoms with Gasteiger partial charge in [-0.3, -0.25) is 0 Å². The van der Waals surface area contributed by atoms with E-state index in [2.05, 4.69) is 18.3 Å². The highest BCUT2D eigenvalue weighted by molar-refractivity contribution is 7.99. The average molecular weight is 299 g/mol. The van der Waals surface area contributed by atoms with Gasteiger partial charge in [-0.25, -0.2) is 0 Å². The van der Waals surface area contributed by atoms with Crippen LogP contribution in [-0.2, 0) is 11.3 Å². The summed E-state index contributed by atoms with van der Waals surface area (Å²) in [4.78, 5) is 0. The van der Waals surface area contributed by atoms with Gasteiger partial charge in [-0.2, -0.15) is 11.8 Å². The van der Waals surface area contributed by atoms with Crippen LogP contribution in [0.1, 0.15) is 12.5 Å². The van der Waals surface area contributed by atoms with Gasteiger partial charge in [-0.05, 0) is 11.8 Å². The topological polar surface area (TPSA) is 39.7 Å². The summed E-state index contributed by atoms with van der Waals surface area (Å²) in [5.41, 5.74) is 1.11. The average Bonchev–Trinajstić information content (AvgIpc) is 2.48.